The molecule has 0 aromatic carbocycles. The minimum atomic E-state index is -0.256. The number of rotatable bonds is 4. The molecule has 10 heavy (non-hydrogen) atoms. The highest BCUT2D eigenvalue weighted by Crippen LogP contribution is 1.90. The monoisotopic (exact) mass is 141 g/mol. The Morgan fingerprint density at radius 1 is 1.60 bits per heavy atom. The Kier molecular flexibility index (Phi) is 6.08. The van der Waals surface area contributed by atoms with Crippen molar-refractivity contribution in [3.63, 3.8) is 0 Å². The van der Waals surface area contributed by atoms with Crippen LogP contribution in [0.4, 0.5) is 0 Å². The summed E-state index contributed by atoms with van der Waals surface area (Å²) in [4.78, 5) is 3.95. The zero-order valence-electron chi connectivity index (χ0n) is 6.62. The lowest BCUT2D eigenvalue weighted by Gasteiger charge is -1.93. The van der Waals surface area contributed by atoms with Crippen LogP contribution in [0.25, 0.3) is 0 Å². The fourth-order valence-electron chi connectivity index (χ4n) is 0.485. The number of hydrogen-bond acceptors (Lipinski definition) is 2. The molecule has 1 N–H and O–H groups in total. The topological polar surface area (TPSA) is 32.6 Å². The van der Waals surface area contributed by atoms with Gasteiger partial charge in [-0.25, -0.2) is 0 Å². The van der Waals surface area contributed by atoms with Crippen LogP contribution in [0.1, 0.15) is 26.7 Å². The molecule has 2 heteroatoms. The largest absolute Gasteiger partial charge is 0.393 e. The van der Waals surface area contributed by atoms with E-state index in [2.05, 4.69) is 4.99 Å². The van der Waals surface area contributed by atoms with Crippen molar-refractivity contribution in [2.24, 2.45) is 4.99 Å². The molecule has 58 valence electrons. The summed E-state index contributed by atoms with van der Waals surface area (Å²) in [6.45, 7) is 3.79. The van der Waals surface area contributed by atoms with Gasteiger partial charge in [-0.05, 0) is 19.8 Å². The standard InChI is InChI=1S/C8H15NO/c1-3-6-9-7-4-5-8(2)10/h4,6-8,10H,3,5H2,1-2H3/b7-4-,9-6-. The van der Waals surface area contributed by atoms with Gasteiger partial charge in [0.1, 0.15) is 0 Å². The Hall–Kier alpha value is -0.630. The number of hydrogen-bond donors (Lipinski definition) is 1. The second-order valence-corrected chi connectivity index (χ2v) is 2.21. The van der Waals surface area contributed by atoms with E-state index in [1.165, 1.54) is 0 Å². The van der Waals surface area contributed by atoms with E-state index in [-0.39, 0.29) is 6.10 Å². The van der Waals surface area contributed by atoms with E-state index in [4.69, 9.17) is 5.11 Å². The van der Waals surface area contributed by atoms with Crippen LogP contribution >= 0.6 is 0 Å². The zero-order valence-corrected chi connectivity index (χ0v) is 6.62. The first-order valence-corrected chi connectivity index (χ1v) is 3.62. The highest BCUT2D eigenvalue weighted by atomic mass is 16.3. The van der Waals surface area contributed by atoms with Crippen LogP contribution in [0.2, 0.25) is 0 Å². The molecule has 0 amide bonds. The fraction of sp³-hybridized carbons (Fsp3) is 0.625. The highest BCUT2D eigenvalue weighted by molar-refractivity contribution is 5.57. The molecule has 0 saturated carbocycles. The molecule has 0 aliphatic rings. The van der Waals surface area contributed by atoms with Crippen molar-refractivity contribution < 1.29 is 5.11 Å². The predicted octanol–water partition coefficient (Wildman–Crippen LogP) is 1.75. The highest BCUT2D eigenvalue weighted by Gasteiger charge is 1.86. The molecular formula is C8H15NO. The minimum absolute atomic E-state index is 0.256. The van der Waals surface area contributed by atoms with Crippen molar-refractivity contribution in [1.29, 1.82) is 0 Å². The summed E-state index contributed by atoms with van der Waals surface area (Å²) in [5.41, 5.74) is 0. The summed E-state index contributed by atoms with van der Waals surface area (Å²) >= 11 is 0. The molecule has 2 nitrogen and oxygen atoms in total. The van der Waals surface area contributed by atoms with Gasteiger partial charge in [-0.15, -0.1) is 0 Å². The number of aliphatic hydroxyl groups excluding tert-OH is 1. The lowest BCUT2D eigenvalue weighted by atomic mass is 10.3. The third-order valence-electron chi connectivity index (χ3n) is 0.957. The van der Waals surface area contributed by atoms with Crippen molar-refractivity contribution in [3.05, 3.63) is 12.3 Å². The average Bonchev–Trinajstić information content (AvgIpc) is 1.87. The SMILES string of the molecule is CC/C=N\C=C/CC(C)O. The Morgan fingerprint density at radius 2 is 2.30 bits per heavy atom. The van der Waals surface area contributed by atoms with Crippen molar-refractivity contribution in [2.45, 2.75) is 32.8 Å². The molecule has 0 spiro atoms. The smallest absolute Gasteiger partial charge is 0.0547 e. The number of aliphatic hydroxyl groups is 1. The van der Waals surface area contributed by atoms with Gasteiger partial charge in [0.15, 0.2) is 0 Å². The fourth-order valence-corrected chi connectivity index (χ4v) is 0.485. The van der Waals surface area contributed by atoms with Gasteiger partial charge in [0, 0.05) is 12.4 Å². The molecule has 0 aliphatic carbocycles. The second kappa shape index (κ2) is 6.49. The van der Waals surface area contributed by atoms with Crippen molar-refractivity contribution in [1.82, 2.24) is 0 Å². The molecule has 0 bridgehead atoms. The molecule has 0 heterocycles. The Morgan fingerprint density at radius 3 is 2.80 bits per heavy atom. The van der Waals surface area contributed by atoms with Crippen LogP contribution in [0.15, 0.2) is 17.3 Å². The maximum Gasteiger partial charge on any atom is 0.0547 e. The molecule has 0 aromatic heterocycles. The van der Waals surface area contributed by atoms with E-state index in [0.29, 0.717) is 6.42 Å². The van der Waals surface area contributed by atoms with Gasteiger partial charge in [-0.1, -0.05) is 13.0 Å². The van der Waals surface area contributed by atoms with Crippen LogP contribution in [-0.4, -0.2) is 17.4 Å². The predicted molar refractivity (Wildman–Crippen MR) is 44.2 cm³/mol. The summed E-state index contributed by atoms with van der Waals surface area (Å²) < 4.78 is 0. The molecule has 0 saturated heterocycles. The van der Waals surface area contributed by atoms with Gasteiger partial charge in [-0.3, -0.25) is 4.99 Å². The van der Waals surface area contributed by atoms with E-state index >= 15 is 0 Å². The molecule has 0 rings (SSSR count). The van der Waals surface area contributed by atoms with Gasteiger partial charge >= 0.3 is 0 Å². The van der Waals surface area contributed by atoms with Gasteiger partial charge in [0.25, 0.3) is 0 Å². The van der Waals surface area contributed by atoms with Crippen molar-refractivity contribution in [3.8, 4) is 0 Å². The second-order valence-electron chi connectivity index (χ2n) is 2.21. The molecule has 1 atom stereocenters. The van der Waals surface area contributed by atoms with E-state index in [1.807, 2.05) is 19.2 Å². The van der Waals surface area contributed by atoms with Gasteiger partial charge in [0.05, 0.1) is 6.10 Å². The number of aliphatic imine (C=N–C) groups is 1. The quantitative estimate of drug-likeness (QED) is 0.594. The third-order valence-corrected chi connectivity index (χ3v) is 0.957. The number of nitrogens with zero attached hydrogens (tertiary/aromatic N) is 1. The Bertz CT molecular complexity index is 116. The molecule has 0 aliphatic heterocycles. The third kappa shape index (κ3) is 7.37. The van der Waals surface area contributed by atoms with E-state index in [9.17, 15) is 0 Å². The van der Waals surface area contributed by atoms with Crippen LogP contribution in [-0.2, 0) is 0 Å². The summed E-state index contributed by atoms with van der Waals surface area (Å²) in [5, 5.41) is 8.81. The molecule has 0 fully saturated rings. The molecule has 0 radical (unpaired) electrons. The van der Waals surface area contributed by atoms with Crippen molar-refractivity contribution >= 4 is 6.21 Å². The lowest BCUT2D eigenvalue weighted by molar-refractivity contribution is 0.198. The molecule has 1 unspecified atom stereocenters. The van der Waals surface area contributed by atoms with Gasteiger partial charge in [0.2, 0.25) is 0 Å². The summed E-state index contributed by atoms with van der Waals surface area (Å²) in [7, 11) is 0. The van der Waals surface area contributed by atoms with Crippen LogP contribution in [0.3, 0.4) is 0 Å². The maximum absolute atomic E-state index is 8.81. The summed E-state index contributed by atoms with van der Waals surface area (Å²) in [5.74, 6) is 0. The normalized spacial score (nSPS) is 15.1. The Balaban J connectivity index is 3.28. The van der Waals surface area contributed by atoms with Gasteiger partial charge in [-0.2, -0.15) is 0 Å². The summed E-state index contributed by atoms with van der Waals surface area (Å²) in [6, 6.07) is 0. The Labute approximate surface area is 62.3 Å². The lowest BCUT2D eigenvalue weighted by Crippen LogP contribution is -1.94. The van der Waals surface area contributed by atoms with Crippen LogP contribution in [0.5, 0.6) is 0 Å². The first-order chi connectivity index (χ1) is 4.77. The summed E-state index contributed by atoms with van der Waals surface area (Å²) in [6.07, 6.45) is 6.79. The molecule has 0 aromatic rings. The van der Waals surface area contributed by atoms with E-state index < -0.39 is 0 Å². The van der Waals surface area contributed by atoms with E-state index in [0.717, 1.165) is 6.42 Å². The van der Waals surface area contributed by atoms with Gasteiger partial charge < -0.3 is 5.11 Å². The average molecular weight is 141 g/mol. The zero-order chi connectivity index (χ0) is 7.82. The van der Waals surface area contributed by atoms with Crippen molar-refractivity contribution in [2.75, 3.05) is 0 Å². The van der Waals surface area contributed by atoms with Crippen LogP contribution in [0, 0.1) is 0 Å². The van der Waals surface area contributed by atoms with E-state index in [1.54, 1.807) is 13.1 Å². The first kappa shape index (κ1) is 9.37. The first-order valence-electron chi connectivity index (χ1n) is 3.62. The van der Waals surface area contributed by atoms with Crippen LogP contribution < -0.4 is 0 Å². The maximum atomic E-state index is 8.81. The molecular weight excluding hydrogens is 126 g/mol. The minimum Gasteiger partial charge on any atom is -0.393 e.